The molecule has 0 spiro atoms. The Labute approximate surface area is 324 Å². The molecule has 12 nitrogen and oxygen atoms in total. The second-order valence-electron chi connectivity index (χ2n) is 15.5. The Bertz CT molecular complexity index is 1620. The fourth-order valence-corrected chi connectivity index (χ4v) is 7.15. The van der Waals surface area contributed by atoms with Crippen LogP contribution in [0, 0.1) is 5.41 Å². The van der Waals surface area contributed by atoms with E-state index in [1.54, 1.807) is 31.1 Å². The lowest BCUT2D eigenvalue weighted by molar-refractivity contribution is -0.207. The second-order valence-corrected chi connectivity index (χ2v) is 17.1. The van der Waals surface area contributed by atoms with Crippen molar-refractivity contribution < 1.29 is 43.2 Å². The van der Waals surface area contributed by atoms with Crippen LogP contribution in [0.1, 0.15) is 79.2 Å². The molecule has 3 amide bonds. The first-order valence-electron chi connectivity index (χ1n) is 17.9. The van der Waals surface area contributed by atoms with Crippen LogP contribution >= 0.6 is 24.2 Å². The molecule has 0 unspecified atom stereocenters. The molecular weight excluding hydrogens is 722 g/mol. The van der Waals surface area contributed by atoms with Crippen LogP contribution in [-0.4, -0.2) is 97.3 Å². The third-order valence-electron chi connectivity index (χ3n) is 10.4. The highest BCUT2D eigenvalue weighted by molar-refractivity contribution is 7.81. The monoisotopic (exact) mass is 777 g/mol. The predicted molar refractivity (Wildman–Crippen MR) is 207 cm³/mol. The number of nitrogens with one attached hydrogen (secondary N) is 1. The van der Waals surface area contributed by atoms with E-state index in [2.05, 4.69) is 17.9 Å². The minimum absolute atomic E-state index is 0.0276. The zero-order valence-corrected chi connectivity index (χ0v) is 34.2. The fraction of sp³-hybridized carbons (Fsp3) is 0.615. The number of halogens is 1. The van der Waals surface area contributed by atoms with Gasteiger partial charge in [-0.3, -0.25) is 14.9 Å². The standard InChI is InChI=1S/C39H56ClN3O9S/c1-23-12-11-13-30(49-10)39(47)22-31(52-36(46)41-39)38(5,6)29-15-14-27(24(2)42(7)32(44)16-17-37(3,4)53)50-34(51-29)21-33(45)43(8)26-19-25(18-23)20-28(48-9)35(26)40/h11-14,19-20,24,29-31,34,47,53H,15-18,21-22H2,1-10H3,(H,41,46)/b13-11+,23-12+/t24-,29+,30+,31-,34+,39-/m0/s1. The summed E-state index contributed by atoms with van der Waals surface area (Å²) >= 11 is 11.4. The van der Waals surface area contributed by atoms with Gasteiger partial charge < -0.3 is 38.6 Å². The first-order chi connectivity index (χ1) is 24.7. The minimum Gasteiger partial charge on any atom is -0.495 e. The molecule has 6 bridgehead atoms. The normalized spacial score (nSPS) is 28.9. The second kappa shape index (κ2) is 17.1. The molecule has 0 saturated carbocycles. The Hall–Kier alpha value is -3.23. The molecule has 0 aromatic heterocycles. The molecule has 14 heteroatoms. The van der Waals surface area contributed by atoms with Crippen molar-refractivity contribution in [2.75, 3.05) is 33.2 Å². The number of ether oxygens (including phenoxy) is 5. The number of carbonyl (C=O) groups is 3. The SMILES string of the molecule is COc1cc2cc(c1Cl)N(C)C(=O)C[C@@H]1OC([C@H](C)N(C)C(=O)CCC(C)(C)S)=CC[C@@H](O1)C(C)(C)[C@@H]1C[C@@](O)(NC(=O)O1)[C@H](OC)/C=C/C=C(\C)C2. The maximum Gasteiger partial charge on any atom is 0.409 e. The highest BCUT2D eigenvalue weighted by Gasteiger charge is 2.52. The summed E-state index contributed by atoms with van der Waals surface area (Å²) in [5.41, 5.74) is -0.486. The van der Waals surface area contributed by atoms with Gasteiger partial charge in [0.2, 0.25) is 18.1 Å². The van der Waals surface area contributed by atoms with Crippen molar-refractivity contribution in [3.63, 3.8) is 0 Å². The number of carbonyl (C=O) groups excluding carboxylic acids is 3. The molecule has 53 heavy (non-hydrogen) atoms. The molecule has 3 aliphatic heterocycles. The number of aliphatic hydroxyl groups is 1. The van der Waals surface area contributed by atoms with E-state index >= 15 is 0 Å². The Kier molecular flexibility index (Phi) is 13.7. The summed E-state index contributed by atoms with van der Waals surface area (Å²) in [6.45, 7) is 11.5. The summed E-state index contributed by atoms with van der Waals surface area (Å²) in [5, 5.41) is 14.7. The third-order valence-corrected chi connectivity index (χ3v) is 11.0. The molecule has 0 aliphatic carbocycles. The maximum absolute atomic E-state index is 14.1. The van der Waals surface area contributed by atoms with Crippen molar-refractivity contribution >= 4 is 47.8 Å². The minimum atomic E-state index is -1.81. The fourth-order valence-electron chi connectivity index (χ4n) is 6.73. The number of benzene rings is 1. The van der Waals surface area contributed by atoms with Gasteiger partial charge in [0.25, 0.3) is 0 Å². The van der Waals surface area contributed by atoms with Gasteiger partial charge in [0.05, 0.1) is 31.4 Å². The maximum atomic E-state index is 14.1. The number of methoxy groups -OCH3 is 2. The van der Waals surface area contributed by atoms with Crippen molar-refractivity contribution in [1.29, 1.82) is 0 Å². The molecule has 294 valence electrons. The molecule has 4 rings (SSSR count). The summed E-state index contributed by atoms with van der Waals surface area (Å²) in [7, 11) is 6.32. The lowest BCUT2D eigenvalue weighted by Crippen LogP contribution is -2.65. The highest BCUT2D eigenvalue weighted by Crippen LogP contribution is 2.42. The summed E-state index contributed by atoms with van der Waals surface area (Å²) in [4.78, 5) is 43.5. The number of allylic oxidation sites excluding steroid dienone is 3. The Morgan fingerprint density at radius 1 is 1.23 bits per heavy atom. The predicted octanol–water partition coefficient (Wildman–Crippen LogP) is 6.34. The van der Waals surface area contributed by atoms with Crippen LogP contribution < -0.4 is 15.0 Å². The molecule has 1 saturated heterocycles. The highest BCUT2D eigenvalue weighted by atomic mass is 35.5. The van der Waals surface area contributed by atoms with Crippen molar-refractivity contribution in [3.8, 4) is 5.75 Å². The van der Waals surface area contributed by atoms with Gasteiger partial charge in [-0.1, -0.05) is 63.1 Å². The molecule has 1 aromatic rings. The number of alkyl carbamates (subject to hydrolysis) is 1. The number of fused-ring (bicyclic) bond motifs is 6. The summed E-state index contributed by atoms with van der Waals surface area (Å²) in [6, 6.07) is 3.17. The quantitative estimate of drug-likeness (QED) is 0.271. The number of amides is 3. The van der Waals surface area contributed by atoms with E-state index in [1.165, 1.54) is 19.1 Å². The summed E-state index contributed by atoms with van der Waals surface area (Å²) in [6.07, 6.45) is 4.28. The smallest absolute Gasteiger partial charge is 0.409 e. The first kappa shape index (κ1) is 42.5. The number of likely N-dealkylation sites (N-methyl/N-ethyl adjacent to an activating group) is 1. The molecule has 1 aromatic carbocycles. The number of hydrogen-bond acceptors (Lipinski definition) is 10. The average Bonchev–Trinajstić information content (AvgIpc) is 3.30. The van der Waals surface area contributed by atoms with Crippen LogP contribution in [0.15, 0.2) is 47.8 Å². The van der Waals surface area contributed by atoms with Crippen molar-refractivity contribution in [1.82, 2.24) is 10.2 Å². The van der Waals surface area contributed by atoms with E-state index in [0.717, 1.165) is 11.1 Å². The number of anilines is 1. The molecule has 6 atom stereocenters. The largest absolute Gasteiger partial charge is 0.495 e. The van der Waals surface area contributed by atoms with E-state index in [0.29, 0.717) is 42.9 Å². The van der Waals surface area contributed by atoms with Gasteiger partial charge in [-0.15, -0.1) is 0 Å². The van der Waals surface area contributed by atoms with Gasteiger partial charge in [0.1, 0.15) is 28.7 Å². The van der Waals surface area contributed by atoms with E-state index in [-0.39, 0.29) is 34.4 Å². The Morgan fingerprint density at radius 2 is 1.92 bits per heavy atom. The Morgan fingerprint density at radius 3 is 2.57 bits per heavy atom. The average molecular weight is 778 g/mol. The topological polar surface area (TPSA) is 136 Å². The number of thiol groups is 1. The van der Waals surface area contributed by atoms with Crippen LogP contribution in [0.5, 0.6) is 5.75 Å². The number of nitrogens with zero attached hydrogens (tertiary/aromatic N) is 2. The third kappa shape index (κ3) is 10.3. The van der Waals surface area contributed by atoms with Gasteiger partial charge in [-0.25, -0.2) is 4.79 Å². The lowest BCUT2D eigenvalue weighted by Gasteiger charge is -2.47. The van der Waals surface area contributed by atoms with Crippen LogP contribution in [0.3, 0.4) is 0 Å². The van der Waals surface area contributed by atoms with Gasteiger partial charge >= 0.3 is 6.09 Å². The van der Waals surface area contributed by atoms with Gasteiger partial charge in [-0.05, 0) is 56.9 Å². The summed E-state index contributed by atoms with van der Waals surface area (Å²) in [5.74, 6) is 0.442. The van der Waals surface area contributed by atoms with Crippen molar-refractivity contribution in [2.45, 2.75) is 121 Å². The van der Waals surface area contributed by atoms with Gasteiger partial charge in [0, 0.05) is 44.2 Å². The molecule has 3 aliphatic rings. The van der Waals surface area contributed by atoms with E-state index in [9.17, 15) is 19.5 Å². The van der Waals surface area contributed by atoms with Gasteiger partial charge in [0.15, 0.2) is 5.72 Å². The molecule has 1 fully saturated rings. The number of rotatable bonds is 7. The lowest BCUT2D eigenvalue weighted by atomic mass is 9.75. The molecular formula is C39H56ClN3O9S. The van der Waals surface area contributed by atoms with E-state index in [1.807, 2.05) is 65.8 Å². The van der Waals surface area contributed by atoms with Crippen LogP contribution in [-0.2, 0) is 35.0 Å². The Balaban J connectivity index is 1.80. The van der Waals surface area contributed by atoms with Crippen molar-refractivity contribution in [2.24, 2.45) is 5.41 Å². The van der Waals surface area contributed by atoms with E-state index in [4.69, 9.17) is 35.3 Å². The number of hydrogen-bond donors (Lipinski definition) is 3. The summed E-state index contributed by atoms with van der Waals surface area (Å²) < 4.78 is 29.9. The molecule has 0 radical (unpaired) electrons. The van der Waals surface area contributed by atoms with Crippen LogP contribution in [0.4, 0.5) is 10.5 Å². The zero-order valence-electron chi connectivity index (χ0n) is 32.5. The van der Waals surface area contributed by atoms with Crippen molar-refractivity contribution in [3.05, 3.63) is 58.4 Å². The zero-order chi connectivity index (χ0) is 39.5. The van der Waals surface area contributed by atoms with E-state index < -0.39 is 47.9 Å². The van der Waals surface area contributed by atoms with Gasteiger partial charge in [-0.2, -0.15) is 12.6 Å². The van der Waals surface area contributed by atoms with Crippen LogP contribution in [0.2, 0.25) is 5.02 Å². The molecule has 3 heterocycles. The first-order valence-corrected chi connectivity index (χ1v) is 18.7. The molecule has 2 N–H and O–H groups in total. The van der Waals surface area contributed by atoms with Crippen LogP contribution in [0.25, 0.3) is 0 Å².